The Morgan fingerprint density at radius 3 is 2.10 bits per heavy atom. The normalized spacial score (nSPS) is 11.6. The summed E-state index contributed by atoms with van der Waals surface area (Å²) < 4.78 is 18.7. The number of halogens is 1. The van der Waals surface area contributed by atoms with E-state index in [1.54, 1.807) is 38.2 Å². The van der Waals surface area contributed by atoms with Gasteiger partial charge in [-0.25, -0.2) is 14.4 Å². The molecular weight excluding hydrogens is 389 g/mol. The van der Waals surface area contributed by atoms with E-state index in [0.29, 0.717) is 22.9 Å². The first kappa shape index (κ1) is 20.7. The Morgan fingerprint density at radius 2 is 1.57 bits per heavy atom. The molecule has 0 unspecified atom stereocenters. The fourth-order valence-electron chi connectivity index (χ4n) is 2.57. The second kappa shape index (κ2) is 8.56. The molecule has 0 saturated carbocycles. The van der Waals surface area contributed by atoms with Crippen LogP contribution in [-0.2, 0) is 4.79 Å². The van der Waals surface area contributed by atoms with Crippen molar-refractivity contribution in [2.75, 3.05) is 11.9 Å². The van der Waals surface area contributed by atoms with Gasteiger partial charge in [-0.3, -0.25) is 9.59 Å². The zero-order valence-electron chi connectivity index (χ0n) is 16.4. The number of nitrogens with two attached hydrogens (primary N) is 2. The van der Waals surface area contributed by atoms with Crippen LogP contribution in [0.4, 0.5) is 10.2 Å². The molecule has 9 heteroatoms. The maximum atomic E-state index is 13.0. The van der Waals surface area contributed by atoms with E-state index in [0.717, 1.165) is 0 Å². The zero-order chi connectivity index (χ0) is 21.8. The molecule has 0 fully saturated rings. The van der Waals surface area contributed by atoms with Gasteiger partial charge in [-0.15, -0.1) is 0 Å². The summed E-state index contributed by atoms with van der Waals surface area (Å²) in [6, 6.07) is 13.2. The predicted molar refractivity (Wildman–Crippen MR) is 110 cm³/mol. The minimum atomic E-state index is -0.726. The number of aromatic nitrogens is 2. The molecule has 0 aliphatic heterocycles. The van der Waals surface area contributed by atoms with Gasteiger partial charge in [-0.05, 0) is 55.5 Å². The standard InChI is InChI=1S/C21H20FN5O3/c1-12(19(23)28)27(2)18-11-17(20(24)29)25-21(26-18)13-3-7-15(8-4-13)30-16-9-5-14(22)6-10-16/h3-12H,1-2H3,(H2,23,28)(H2,24,29)/t12-/m0/s1. The molecule has 154 valence electrons. The van der Waals surface area contributed by atoms with Crippen molar-refractivity contribution in [3.63, 3.8) is 0 Å². The number of hydrogen-bond donors (Lipinski definition) is 2. The molecular formula is C21H20FN5O3. The Morgan fingerprint density at radius 1 is 1.00 bits per heavy atom. The molecule has 0 bridgehead atoms. The third-order valence-corrected chi connectivity index (χ3v) is 4.48. The lowest BCUT2D eigenvalue weighted by Crippen LogP contribution is -2.41. The number of rotatable bonds is 7. The highest BCUT2D eigenvalue weighted by Crippen LogP contribution is 2.26. The van der Waals surface area contributed by atoms with Crippen LogP contribution in [0.15, 0.2) is 54.6 Å². The number of primary amides is 2. The first-order valence-electron chi connectivity index (χ1n) is 8.99. The van der Waals surface area contributed by atoms with E-state index in [4.69, 9.17) is 16.2 Å². The number of carbonyl (C=O) groups excluding carboxylic acids is 2. The number of carbonyl (C=O) groups is 2. The summed E-state index contributed by atoms with van der Waals surface area (Å²) in [7, 11) is 1.63. The highest BCUT2D eigenvalue weighted by atomic mass is 19.1. The molecule has 2 aromatic carbocycles. The van der Waals surface area contributed by atoms with Crippen molar-refractivity contribution in [3.05, 3.63) is 66.1 Å². The fraction of sp³-hybridized carbons (Fsp3) is 0.143. The molecule has 0 radical (unpaired) electrons. The summed E-state index contributed by atoms with van der Waals surface area (Å²) in [5.41, 5.74) is 11.4. The van der Waals surface area contributed by atoms with E-state index in [9.17, 15) is 14.0 Å². The molecule has 0 saturated heterocycles. The van der Waals surface area contributed by atoms with Crippen LogP contribution < -0.4 is 21.1 Å². The summed E-state index contributed by atoms with van der Waals surface area (Å²) in [5, 5.41) is 0. The largest absolute Gasteiger partial charge is 0.457 e. The third kappa shape index (κ3) is 4.69. The summed E-state index contributed by atoms with van der Waals surface area (Å²) in [5.74, 6) is -0.0334. The zero-order valence-corrected chi connectivity index (χ0v) is 16.4. The van der Waals surface area contributed by atoms with Crippen molar-refractivity contribution in [1.29, 1.82) is 0 Å². The molecule has 3 aromatic rings. The Hall–Kier alpha value is -4.01. The highest BCUT2D eigenvalue weighted by Gasteiger charge is 2.19. The van der Waals surface area contributed by atoms with Crippen molar-refractivity contribution in [2.45, 2.75) is 13.0 Å². The summed E-state index contributed by atoms with van der Waals surface area (Å²) in [6.07, 6.45) is 0. The Labute approximate surface area is 172 Å². The monoisotopic (exact) mass is 409 g/mol. The molecule has 30 heavy (non-hydrogen) atoms. The molecule has 2 amide bonds. The van der Waals surface area contributed by atoms with Crippen LogP contribution in [0, 0.1) is 5.82 Å². The van der Waals surface area contributed by atoms with Gasteiger partial charge in [0.15, 0.2) is 5.82 Å². The minimum absolute atomic E-state index is 0.00478. The quantitative estimate of drug-likeness (QED) is 0.618. The molecule has 4 N–H and O–H groups in total. The second-order valence-electron chi connectivity index (χ2n) is 6.57. The molecule has 0 spiro atoms. The van der Waals surface area contributed by atoms with Crippen molar-refractivity contribution in [2.24, 2.45) is 11.5 Å². The molecule has 1 aromatic heterocycles. The number of likely N-dealkylation sites (N-methyl/N-ethyl adjacent to an activating group) is 1. The number of ether oxygens (including phenoxy) is 1. The van der Waals surface area contributed by atoms with E-state index in [1.807, 2.05) is 0 Å². The summed E-state index contributed by atoms with van der Waals surface area (Å²) >= 11 is 0. The molecule has 0 aliphatic rings. The minimum Gasteiger partial charge on any atom is -0.457 e. The number of hydrogen-bond acceptors (Lipinski definition) is 6. The molecule has 8 nitrogen and oxygen atoms in total. The lowest BCUT2D eigenvalue weighted by atomic mass is 10.2. The van der Waals surface area contributed by atoms with Crippen molar-refractivity contribution < 1.29 is 18.7 Å². The lowest BCUT2D eigenvalue weighted by molar-refractivity contribution is -0.118. The smallest absolute Gasteiger partial charge is 0.267 e. The van der Waals surface area contributed by atoms with Crippen molar-refractivity contribution in [3.8, 4) is 22.9 Å². The van der Waals surface area contributed by atoms with Gasteiger partial charge in [0.2, 0.25) is 5.91 Å². The summed E-state index contributed by atoms with van der Waals surface area (Å²) in [4.78, 5) is 33.4. The molecule has 0 aliphatic carbocycles. The fourth-order valence-corrected chi connectivity index (χ4v) is 2.57. The van der Waals surface area contributed by atoms with Gasteiger partial charge in [-0.1, -0.05) is 0 Å². The van der Waals surface area contributed by atoms with E-state index in [2.05, 4.69) is 9.97 Å². The van der Waals surface area contributed by atoms with Crippen LogP contribution >= 0.6 is 0 Å². The summed E-state index contributed by atoms with van der Waals surface area (Å²) in [6.45, 7) is 1.62. The van der Waals surface area contributed by atoms with E-state index in [1.165, 1.54) is 35.2 Å². The molecule has 1 heterocycles. The molecule has 3 rings (SSSR count). The van der Waals surface area contributed by atoms with Gasteiger partial charge >= 0.3 is 0 Å². The maximum Gasteiger partial charge on any atom is 0.267 e. The van der Waals surface area contributed by atoms with Gasteiger partial charge in [0.05, 0.1) is 0 Å². The van der Waals surface area contributed by atoms with Gasteiger partial charge in [0, 0.05) is 18.7 Å². The van der Waals surface area contributed by atoms with Gasteiger partial charge in [0.1, 0.15) is 34.9 Å². The van der Waals surface area contributed by atoms with E-state index in [-0.39, 0.29) is 17.3 Å². The molecule has 1 atom stereocenters. The Bertz CT molecular complexity index is 1070. The van der Waals surface area contributed by atoms with Gasteiger partial charge in [0.25, 0.3) is 5.91 Å². The predicted octanol–water partition coefficient (Wildman–Crippen LogP) is 2.48. The van der Waals surface area contributed by atoms with E-state index < -0.39 is 17.9 Å². The van der Waals surface area contributed by atoms with Crippen LogP contribution in [-0.4, -0.2) is 34.9 Å². The average molecular weight is 409 g/mol. The number of nitrogens with zero attached hydrogens (tertiary/aromatic N) is 3. The number of benzene rings is 2. The number of anilines is 1. The topological polar surface area (TPSA) is 124 Å². The lowest BCUT2D eigenvalue weighted by Gasteiger charge is -2.24. The van der Waals surface area contributed by atoms with E-state index >= 15 is 0 Å². The van der Waals surface area contributed by atoms with Crippen LogP contribution in [0.3, 0.4) is 0 Å². The number of amides is 2. The first-order valence-corrected chi connectivity index (χ1v) is 8.99. The maximum absolute atomic E-state index is 13.0. The second-order valence-corrected chi connectivity index (χ2v) is 6.57. The first-order chi connectivity index (χ1) is 14.2. The van der Waals surface area contributed by atoms with Crippen LogP contribution in [0.1, 0.15) is 17.4 Å². The Kier molecular flexibility index (Phi) is 5.91. The van der Waals surface area contributed by atoms with Crippen LogP contribution in [0.25, 0.3) is 11.4 Å². The van der Waals surface area contributed by atoms with Crippen molar-refractivity contribution >= 4 is 17.6 Å². The van der Waals surface area contributed by atoms with Crippen LogP contribution in [0.2, 0.25) is 0 Å². The average Bonchev–Trinajstić information content (AvgIpc) is 2.74. The SMILES string of the molecule is C[C@@H](C(N)=O)N(C)c1cc(C(N)=O)nc(-c2ccc(Oc3ccc(F)cc3)cc2)n1. The highest BCUT2D eigenvalue weighted by molar-refractivity contribution is 5.92. The third-order valence-electron chi connectivity index (χ3n) is 4.48. The Balaban J connectivity index is 1.91. The van der Waals surface area contributed by atoms with Crippen molar-refractivity contribution in [1.82, 2.24) is 9.97 Å². The van der Waals surface area contributed by atoms with Gasteiger partial charge < -0.3 is 21.1 Å². The van der Waals surface area contributed by atoms with Crippen LogP contribution in [0.5, 0.6) is 11.5 Å². The van der Waals surface area contributed by atoms with Gasteiger partial charge in [-0.2, -0.15) is 0 Å².